The number of unbranched alkanes of at least 4 members (excludes halogenated alkanes) is 1. The van der Waals surface area contributed by atoms with Crippen molar-refractivity contribution < 1.29 is 18.7 Å². The Hall–Kier alpha value is -2.85. The summed E-state index contributed by atoms with van der Waals surface area (Å²) in [5.74, 6) is 0.485. The van der Waals surface area contributed by atoms with E-state index in [4.69, 9.17) is 21.1 Å². The van der Waals surface area contributed by atoms with E-state index in [1.807, 2.05) is 0 Å². The fourth-order valence-corrected chi connectivity index (χ4v) is 4.72. The van der Waals surface area contributed by atoms with Gasteiger partial charge < -0.3 is 19.7 Å². The Labute approximate surface area is 216 Å². The van der Waals surface area contributed by atoms with Crippen LogP contribution < -0.4 is 24.6 Å². The summed E-state index contributed by atoms with van der Waals surface area (Å²) in [5, 5.41) is 3.29. The Bertz CT molecular complexity index is 1070. The van der Waals surface area contributed by atoms with Crippen LogP contribution in [0.3, 0.4) is 0 Å². The second kappa shape index (κ2) is 11.5. The van der Waals surface area contributed by atoms with Gasteiger partial charge in [0.2, 0.25) is 5.95 Å². The van der Waals surface area contributed by atoms with E-state index in [-0.39, 0.29) is 40.8 Å². The molecule has 2 aliphatic rings. The molecule has 1 saturated carbocycles. The highest BCUT2D eigenvalue weighted by molar-refractivity contribution is 6.35. The lowest BCUT2D eigenvalue weighted by molar-refractivity contribution is 0.249. The van der Waals surface area contributed by atoms with Gasteiger partial charge in [0.15, 0.2) is 11.6 Å². The van der Waals surface area contributed by atoms with Crippen molar-refractivity contribution in [1.82, 2.24) is 14.9 Å². The van der Waals surface area contributed by atoms with E-state index in [0.29, 0.717) is 17.3 Å². The van der Waals surface area contributed by atoms with Gasteiger partial charge in [-0.15, -0.1) is 0 Å². The van der Waals surface area contributed by atoms with E-state index < -0.39 is 5.82 Å². The SMILES string of the molecule is CCN(CC)CCCCNc1ncc2c(n1)N(C1CC1)C(=O)N(c1c(F)c(OC)cc(OC)c1Cl)C2. The van der Waals surface area contributed by atoms with Crippen LogP contribution >= 0.6 is 11.6 Å². The highest BCUT2D eigenvalue weighted by atomic mass is 35.5. The third-order valence-electron chi connectivity index (χ3n) is 6.65. The van der Waals surface area contributed by atoms with E-state index >= 15 is 4.39 Å². The Kier molecular flexibility index (Phi) is 8.35. The molecule has 1 aromatic heterocycles. The van der Waals surface area contributed by atoms with Crippen LogP contribution in [0.4, 0.5) is 26.6 Å². The van der Waals surface area contributed by atoms with Crippen LogP contribution in [0.1, 0.15) is 45.1 Å². The molecule has 9 nitrogen and oxygen atoms in total. The monoisotopic (exact) mass is 520 g/mol. The topological polar surface area (TPSA) is 83.1 Å². The smallest absolute Gasteiger partial charge is 0.330 e. The van der Waals surface area contributed by atoms with Crippen LogP contribution in [0.15, 0.2) is 12.3 Å². The summed E-state index contributed by atoms with van der Waals surface area (Å²) in [4.78, 5) is 28.2. The normalized spacial score (nSPS) is 15.4. The average Bonchev–Trinajstić information content (AvgIpc) is 3.72. The first-order chi connectivity index (χ1) is 17.4. The van der Waals surface area contributed by atoms with Gasteiger partial charge in [-0.1, -0.05) is 25.4 Å². The molecule has 0 atom stereocenters. The van der Waals surface area contributed by atoms with Gasteiger partial charge in [-0.2, -0.15) is 4.98 Å². The Balaban J connectivity index is 1.56. The van der Waals surface area contributed by atoms with Gasteiger partial charge in [0.25, 0.3) is 0 Å². The third-order valence-corrected chi connectivity index (χ3v) is 7.01. The number of nitrogens with one attached hydrogen (secondary N) is 1. The molecule has 1 aliphatic carbocycles. The zero-order valence-corrected chi connectivity index (χ0v) is 22.1. The number of methoxy groups -OCH3 is 2. The highest BCUT2D eigenvalue weighted by Gasteiger charge is 2.43. The molecule has 36 heavy (non-hydrogen) atoms. The molecular weight excluding hydrogens is 487 g/mol. The summed E-state index contributed by atoms with van der Waals surface area (Å²) in [6.07, 6.45) is 5.48. The molecule has 0 saturated heterocycles. The molecule has 1 fully saturated rings. The molecule has 11 heteroatoms. The van der Waals surface area contributed by atoms with Crippen LogP contribution in [0.5, 0.6) is 11.5 Å². The van der Waals surface area contributed by atoms with Crippen LogP contribution in [0, 0.1) is 5.82 Å². The minimum absolute atomic E-state index is 0.00482. The number of aromatic nitrogens is 2. The first-order valence-corrected chi connectivity index (χ1v) is 12.8. The van der Waals surface area contributed by atoms with Crippen LogP contribution in [0.2, 0.25) is 5.02 Å². The molecule has 196 valence electrons. The standard InChI is InChI=1S/C25H34ClFN6O3/c1-5-31(6-2)12-8-7-11-28-24-29-14-16-15-32(25(34)33(17-9-10-17)23(16)30-24)22-20(26)18(35-3)13-19(36-4)21(22)27/h13-14,17H,5-12,15H2,1-4H3,(H,28,29,30). The van der Waals surface area contributed by atoms with Crippen molar-refractivity contribution >= 4 is 35.1 Å². The van der Waals surface area contributed by atoms with Gasteiger partial charge in [0.1, 0.15) is 22.3 Å². The molecule has 0 unspecified atom stereocenters. The number of urea groups is 1. The maximum absolute atomic E-state index is 15.4. The number of rotatable bonds is 12. The maximum atomic E-state index is 15.4. The lowest BCUT2D eigenvalue weighted by atomic mass is 10.1. The number of benzene rings is 1. The number of carbonyl (C=O) groups is 1. The minimum atomic E-state index is -0.722. The Morgan fingerprint density at radius 1 is 1.19 bits per heavy atom. The molecule has 1 aromatic carbocycles. The molecule has 0 radical (unpaired) electrons. The molecule has 2 aromatic rings. The average molecular weight is 521 g/mol. The maximum Gasteiger partial charge on any atom is 0.330 e. The number of hydrogen-bond acceptors (Lipinski definition) is 7. The van der Waals surface area contributed by atoms with Crippen LogP contribution in [-0.2, 0) is 6.54 Å². The number of fused-ring (bicyclic) bond motifs is 1. The molecule has 2 amide bonds. The summed E-state index contributed by atoms with van der Waals surface area (Å²) in [7, 11) is 2.78. The predicted molar refractivity (Wildman–Crippen MR) is 139 cm³/mol. The summed E-state index contributed by atoms with van der Waals surface area (Å²) in [6, 6.07) is 0.987. The minimum Gasteiger partial charge on any atom is -0.495 e. The van der Waals surface area contributed by atoms with Crippen molar-refractivity contribution in [2.24, 2.45) is 0 Å². The van der Waals surface area contributed by atoms with E-state index in [0.717, 1.165) is 51.9 Å². The first kappa shape index (κ1) is 26.2. The highest BCUT2D eigenvalue weighted by Crippen LogP contribution is 2.45. The van der Waals surface area contributed by atoms with E-state index in [9.17, 15) is 4.79 Å². The zero-order valence-electron chi connectivity index (χ0n) is 21.3. The van der Waals surface area contributed by atoms with Gasteiger partial charge >= 0.3 is 6.03 Å². The fraction of sp³-hybridized carbons (Fsp3) is 0.560. The predicted octanol–water partition coefficient (Wildman–Crippen LogP) is 4.93. The number of hydrogen-bond donors (Lipinski definition) is 1. The van der Waals surface area contributed by atoms with Crippen LogP contribution in [0.25, 0.3) is 0 Å². The van der Waals surface area contributed by atoms with Gasteiger partial charge in [-0.3, -0.25) is 9.80 Å². The Morgan fingerprint density at radius 2 is 1.92 bits per heavy atom. The third kappa shape index (κ3) is 5.29. The number of amides is 2. The summed E-state index contributed by atoms with van der Waals surface area (Å²) < 4.78 is 25.8. The lowest BCUT2D eigenvalue weighted by Crippen LogP contribution is -2.49. The van der Waals surface area contributed by atoms with Gasteiger partial charge in [0, 0.05) is 30.4 Å². The summed E-state index contributed by atoms with van der Waals surface area (Å²) in [6.45, 7) is 8.33. The van der Waals surface area contributed by atoms with E-state index in [2.05, 4.69) is 34.0 Å². The summed E-state index contributed by atoms with van der Waals surface area (Å²) in [5.41, 5.74) is 0.635. The largest absolute Gasteiger partial charge is 0.495 e. The van der Waals surface area contributed by atoms with Crippen molar-refractivity contribution in [2.75, 3.05) is 55.5 Å². The Morgan fingerprint density at radius 3 is 2.56 bits per heavy atom. The second-order valence-electron chi connectivity index (χ2n) is 8.93. The van der Waals surface area contributed by atoms with Gasteiger partial charge in [0.05, 0.1) is 20.8 Å². The van der Waals surface area contributed by atoms with Crippen molar-refractivity contribution in [2.45, 2.75) is 52.1 Å². The quantitative estimate of drug-likeness (QED) is 0.397. The number of anilines is 3. The second-order valence-corrected chi connectivity index (χ2v) is 9.31. The van der Waals surface area contributed by atoms with Crippen molar-refractivity contribution in [1.29, 1.82) is 0 Å². The van der Waals surface area contributed by atoms with Gasteiger partial charge in [-0.05, 0) is 45.3 Å². The molecule has 0 spiro atoms. The number of nitrogens with zero attached hydrogens (tertiary/aromatic N) is 5. The molecule has 2 heterocycles. The molecule has 4 rings (SSSR count). The molecule has 1 aliphatic heterocycles. The molecule has 0 bridgehead atoms. The van der Waals surface area contributed by atoms with Gasteiger partial charge in [-0.25, -0.2) is 14.2 Å². The van der Waals surface area contributed by atoms with Crippen molar-refractivity contribution in [3.63, 3.8) is 0 Å². The number of halogens is 2. The van der Waals surface area contributed by atoms with Crippen LogP contribution in [-0.4, -0.2) is 67.3 Å². The summed E-state index contributed by atoms with van der Waals surface area (Å²) >= 11 is 6.48. The van der Waals surface area contributed by atoms with Crippen molar-refractivity contribution in [3.05, 3.63) is 28.7 Å². The van der Waals surface area contributed by atoms with Crippen molar-refractivity contribution in [3.8, 4) is 11.5 Å². The number of carbonyl (C=O) groups excluding carboxylic acids is 1. The fourth-order valence-electron chi connectivity index (χ4n) is 4.41. The zero-order chi connectivity index (χ0) is 25.8. The first-order valence-electron chi connectivity index (χ1n) is 12.5. The number of ether oxygens (including phenoxy) is 2. The van der Waals surface area contributed by atoms with E-state index in [1.165, 1.54) is 25.2 Å². The van der Waals surface area contributed by atoms with E-state index in [1.54, 1.807) is 11.1 Å². The lowest BCUT2D eigenvalue weighted by Gasteiger charge is -2.37. The molecular formula is C25H34ClFN6O3. The molecule has 1 N–H and O–H groups in total.